The van der Waals surface area contributed by atoms with Gasteiger partial charge in [-0.2, -0.15) is 5.01 Å². The smallest absolute Gasteiger partial charge is 0.332 e. The van der Waals surface area contributed by atoms with Gasteiger partial charge in [0.2, 0.25) is 5.91 Å². The monoisotopic (exact) mass is 497 g/mol. The van der Waals surface area contributed by atoms with Crippen LogP contribution in [0.2, 0.25) is 0 Å². The van der Waals surface area contributed by atoms with E-state index in [-0.39, 0.29) is 24.4 Å². The number of piperazine rings is 1. The van der Waals surface area contributed by atoms with E-state index in [0.717, 1.165) is 22.3 Å². The minimum absolute atomic E-state index is 0.0227. The van der Waals surface area contributed by atoms with E-state index < -0.39 is 12.2 Å². The van der Waals surface area contributed by atoms with Crippen LogP contribution in [0.1, 0.15) is 28.3 Å². The predicted molar refractivity (Wildman–Crippen MR) is 140 cm³/mol. The summed E-state index contributed by atoms with van der Waals surface area (Å²) in [5.74, 6) is -0.292. The van der Waals surface area contributed by atoms with Crippen LogP contribution in [-0.4, -0.2) is 64.0 Å². The lowest BCUT2D eigenvalue weighted by Crippen LogP contribution is -2.62. The highest BCUT2D eigenvalue weighted by Crippen LogP contribution is 2.36. The van der Waals surface area contributed by atoms with Gasteiger partial charge in [0.1, 0.15) is 12.2 Å². The lowest BCUT2D eigenvalue weighted by molar-refractivity contribution is -0.157. The van der Waals surface area contributed by atoms with Gasteiger partial charge in [-0.3, -0.25) is 14.6 Å². The minimum Gasteiger partial charge on any atom is -0.333 e. The van der Waals surface area contributed by atoms with E-state index in [0.29, 0.717) is 19.6 Å². The molecule has 3 aromatic rings. The third-order valence-electron chi connectivity index (χ3n) is 7.03. The fourth-order valence-corrected chi connectivity index (χ4v) is 5.02. The lowest BCUT2D eigenvalue weighted by atomic mass is 10.00. The second-order valence-electron chi connectivity index (χ2n) is 9.56. The molecule has 8 nitrogen and oxygen atoms in total. The molecule has 2 saturated heterocycles. The third kappa shape index (κ3) is 5.06. The summed E-state index contributed by atoms with van der Waals surface area (Å²) in [7, 11) is 1.66. The number of nitrogens with one attached hydrogen (secondary N) is 1. The molecule has 8 heteroatoms. The van der Waals surface area contributed by atoms with Gasteiger partial charge in [-0.1, -0.05) is 90.5 Å². The van der Waals surface area contributed by atoms with E-state index in [1.807, 2.05) is 91.9 Å². The molecule has 4 amide bonds. The standard InChI is InChI=1S/C29H31N5O3/c1-21-13-15-23(16-14-21)18-32-19-25-33(31(2)29(37)30-17-22-9-5-3-6-10-22)20-26(35)34(25)27(28(32)36)24-11-7-4-8-12-24/h3-16,25,27H,17-20H2,1-2H3,(H,30,37)/t25-,27+/m1/s1. The Labute approximate surface area is 217 Å². The van der Waals surface area contributed by atoms with E-state index in [2.05, 4.69) is 5.32 Å². The number of hydrogen-bond donors (Lipinski definition) is 1. The molecule has 2 fully saturated rings. The summed E-state index contributed by atoms with van der Waals surface area (Å²) >= 11 is 0. The van der Waals surface area contributed by atoms with Gasteiger partial charge < -0.3 is 15.1 Å². The first-order chi connectivity index (χ1) is 17.9. The maximum Gasteiger partial charge on any atom is 0.332 e. The normalized spacial score (nSPS) is 19.6. The van der Waals surface area contributed by atoms with Crippen molar-refractivity contribution in [1.82, 2.24) is 25.1 Å². The van der Waals surface area contributed by atoms with Crippen LogP contribution in [0.3, 0.4) is 0 Å². The molecule has 0 saturated carbocycles. The lowest BCUT2D eigenvalue weighted by Gasteiger charge is -2.45. The molecule has 5 rings (SSSR count). The van der Waals surface area contributed by atoms with Crippen LogP contribution in [0.5, 0.6) is 0 Å². The van der Waals surface area contributed by atoms with Gasteiger partial charge in [-0.25, -0.2) is 4.79 Å². The highest BCUT2D eigenvalue weighted by molar-refractivity contribution is 5.92. The topological polar surface area (TPSA) is 76.2 Å². The van der Waals surface area contributed by atoms with Crippen molar-refractivity contribution in [3.05, 3.63) is 107 Å². The van der Waals surface area contributed by atoms with Crippen LogP contribution in [0.4, 0.5) is 4.79 Å². The highest BCUT2D eigenvalue weighted by Gasteiger charge is 2.52. The predicted octanol–water partition coefficient (Wildman–Crippen LogP) is 3.31. The molecule has 2 atom stereocenters. The van der Waals surface area contributed by atoms with Crippen molar-refractivity contribution in [1.29, 1.82) is 0 Å². The number of fused-ring (bicyclic) bond motifs is 1. The van der Waals surface area contributed by atoms with Crippen molar-refractivity contribution < 1.29 is 14.4 Å². The molecule has 2 aliphatic rings. The molecule has 0 bridgehead atoms. The molecule has 190 valence electrons. The van der Waals surface area contributed by atoms with E-state index in [1.54, 1.807) is 21.9 Å². The fraction of sp³-hybridized carbons (Fsp3) is 0.276. The third-order valence-corrected chi connectivity index (χ3v) is 7.03. The van der Waals surface area contributed by atoms with Gasteiger partial charge in [-0.15, -0.1) is 0 Å². The molecule has 0 aromatic heterocycles. The summed E-state index contributed by atoms with van der Waals surface area (Å²) in [6.45, 7) is 3.16. The van der Waals surface area contributed by atoms with E-state index in [4.69, 9.17) is 0 Å². The average Bonchev–Trinajstić information content (AvgIpc) is 3.25. The number of rotatable bonds is 6. The van der Waals surface area contributed by atoms with Crippen LogP contribution >= 0.6 is 0 Å². The van der Waals surface area contributed by atoms with Crippen LogP contribution in [-0.2, 0) is 22.7 Å². The molecule has 3 aromatic carbocycles. The molecule has 2 aliphatic heterocycles. The first-order valence-electron chi connectivity index (χ1n) is 12.4. The molecule has 1 N–H and O–H groups in total. The Bertz CT molecular complexity index is 1270. The number of aryl methyl sites for hydroxylation is 1. The zero-order valence-electron chi connectivity index (χ0n) is 21.1. The van der Waals surface area contributed by atoms with Crippen molar-refractivity contribution in [2.24, 2.45) is 0 Å². The van der Waals surface area contributed by atoms with Crippen LogP contribution in [0.15, 0.2) is 84.9 Å². The van der Waals surface area contributed by atoms with Crippen molar-refractivity contribution in [3.8, 4) is 0 Å². The van der Waals surface area contributed by atoms with Gasteiger partial charge in [0.15, 0.2) is 0 Å². The Hall–Kier alpha value is -4.17. The maximum absolute atomic E-state index is 13.8. The van der Waals surface area contributed by atoms with Crippen molar-refractivity contribution in [3.63, 3.8) is 0 Å². The number of amides is 4. The summed E-state index contributed by atoms with van der Waals surface area (Å²) < 4.78 is 0. The Morgan fingerprint density at radius 1 is 0.919 bits per heavy atom. The van der Waals surface area contributed by atoms with Crippen LogP contribution in [0, 0.1) is 6.92 Å². The molecule has 37 heavy (non-hydrogen) atoms. The summed E-state index contributed by atoms with van der Waals surface area (Å²) in [4.78, 5) is 43.6. The van der Waals surface area contributed by atoms with Crippen molar-refractivity contribution >= 4 is 17.8 Å². The van der Waals surface area contributed by atoms with Crippen molar-refractivity contribution in [2.45, 2.75) is 32.2 Å². The summed E-state index contributed by atoms with van der Waals surface area (Å²) in [5, 5.41) is 6.15. The zero-order chi connectivity index (χ0) is 25.9. The molecular weight excluding hydrogens is 466 g/mol. The number of carbonyl (C=O) groups excluding carboxylic acids is 3. The van der Waals surface area contributed by atoms with Gasteiger partial charge in [-0.05, 0) is 23.6 Å². The Balaban J connectivity index is 1.40. The molecule has 0 spiro atoms. The zero-order valence-corrected chi connectivity index (χ0v) is 21.1. The quantitative estimate of drug-likeness (QED) is 0.567. The van der Waals surface area contributed by atoms with Crippen LogP contribution < -0.4 is 5.32 Å². The van der Waals surface area contributed by atoms with E-state index in [9.17, 15) is 14.4 Å². The van der Waals surface area contributed by atoms with Gasteiger partial charge in [0.05, 0.1) is 13.1 Å². The summed E-state index contributed by atoms with van der Waals surface area (Å²) in [6, 6.07) is 26.1. The number of carbonyl (C=O) groups is 3. The molecular formula is C29H31N5O3. The van der Waals surface area contributed by atoms with Crippen LogP contribution in [0.25, 0.3) is 0 Å². The first kappa shape index (κ1) is 24.5. The number of hydrogen-bond acceptors (Lipinski definition) is 4. The molecule has 0 aliphatic carbocycles. The van der Waals surface area contributed by atoms with Gasteiger partial charge >= 0.3 is 6.03 Å². The largest absolute Gasteiger partial charge is 0.333 e. The maximum atomic E-state index is 13.8. The fourth-order valence-electron chi connectivity index (χ4n) is 5.02. The van der Waals surface area contributed by atoms with E-state index >= 15 is 0 Å². The highest BCUT2D eigenvalue weighted by atomic mass is 16.2. The van der Waals surface area contributed by atoms with Gasteiger partial charge in [0.25, 0.3) is 5.91 Å². The number of urea groups is 1. The molecule has 0 unspecified atom stereocenters. The SMILES string of the molecule is Cc1ccc(CN2C[C@H]3N(C(=O)CN3N(C)C(=O)NCc3ccccc3)[C@@H](c3ccccc3)C2=O)cc1. The molecule has 2 heterocycles. The second kappa shape index (κ2) is 10.4. The second-order valence-corrected chi connectivity index (χ2v) is 9.56. The Morgan fingerprint density at radius 2 is 1.57 bits per heavy atom. The summed E-state index contributed by atoms with van der Waals surface area (Å²) in [6.07, 6.45) is -0.465. The molecule has 0 radical (unpaired) electrons. The Kier molecular flexibility index (Phi) is 6.92. The number of benzene rings is 3. The minimum atomic E-state index is -0.747. The number of nitrogens with zero attached hydrogens (tertiary/aromatic N) is 4. The average molecular weight is 498 g/mol. The number of hydrazine groups is 1. The van der Waals surface area contributed by atoms with Crippen molar-refractivity contribution in [2.75, 3.05) is 20.1 Å². The Morgan fingerprint density at radius 3 is 2.24 bits per heavy atom. The summed E-state index contributed by atoms with van der Waals surface area (Å²) in [5.41, 5.74) is 3.92. The first-order valence-corrected chi connectivity index (χ1v) is 12.4. The van der Waals surface area contributed by atoms with Gasteiger partial charge in [0, 0.05) is 20.1 Å². The van der Waals surface area contributed by atoms with E-state index in [1.165, 1.54) is 5.01 Å².